The summed E-state index contributed by atoms with van der Waals surface area (Å²) < 4.78 is 0. The van der Waals surface area contributed by atoms with Gasteiger partial charge in [0.2, 0.25) is 0 Å². The second-order valence-electron chi connectivity index (χ2n) is 7.85. The Morgan fingerprint density at radius 3 is 2.35 bits per heavy atom. The van der Waals surface area contributed by atoms with E-state index in [-0.39, 0.29) is 11.2 Å². The van der Waals surface area contributed by atoms with Crippen molar-refractivity contribution in [3.8, 4) is 0 Å². The third kappa shape index (κ3) is 3.21. The summed E-state index contributed by atoms with van der Waals surface area (Å²) in [6.45, 7) is 11.7. The van der Waals surface area contributed by atoms with Gasteiger partial charge in [-0.3, -0.25) is 4.79 Å². The Kier molecular flexibility index (Phi) is 5.04. The maximum absolute atomic E-state index is 12.0. The van der Waals surface area contributed by atoms with Crippen LogP contribution in [-0.2, 0) is 10.2 Å². The Balaban J connectivity index is 2.03. The molecule has 1 aromatic rings. The number of ketones is 1. The highest BCUT2D eigenvalue weighted by Crippen LogP contribution is 2.47. The molecule has 0 amide bonds. The Morgan fingerprint density at radius 1 is 1.04 bits per heavy atom. The van der Waals surface area contributed by atoms with Crippen LogP contribution in [0.25, 0.3) is 0 Å². The largest absolute Gasteiger partial charge is 0.344 e. The third-order valence-corrected chi connectivity index (χ3v) is 5.45. The molecule has 1 heterocycles. The van der Waals surface area contributed by atoms with Gasteiger partial charge >= 0.3 is 0 Å². The van der Waals surface area contributed by atoms with E-state index in [0.29, 0.717) is 0 Å². The van der Waals surface area contributed by atoms with Crippen molar-refractivity contribution in [1.29, 1.82) is 0 Å². The molecule has 2 nitrogen and oxygen atoms in total. The summed E-state index contributed by atoms with van der Waals surface area (Å²) in [6.07, 6.45) is 10.7. The average molecular weight is 348 g/mol. The van der Waals surface area contributed by atoms with E-state index >= 15 is 0 Å². The lowest BCUT2D eigenvalue weighted by Gasteiger charge is -2.27. The standard InChI is InChI=1S/C24H29NO/c1-6-7-14-25-21-11-9-8-10-20(21)24(4,5)22(25)13-12-19-15-17(2)23(26)18(3)16-19/h8-13,15-16H,6-7,14H2,1-5H3/b22-13-. The Morgan fingerprint density at radius 2 is 1.69 bits per heavy atom. The molecule has 0 N–H and O–H groups in total. The number of unbranched alkanes of at least 4 members (excludes halogenated alkanes) is 1. The SMILES string of the molecule is CCCCN1/C(=C\C=C2C=C(C)C(=O)C(C)=C2)C(C)(C)c2ccccc21. The van der Waals surface area contributed by atoms with Crippen LogP contribution in [0.2, 0.25) is 0 Å². The molecule has 3 rings (SSSR count). The predicted octanol–water partition coefficient (Wildman–Crippen LogP) is 5.87. The maximum Gasteiger partial charge on any atom is 0.184 e. The smallest absolute Gasteiger partial charge is 0.184 e. The van der Waals surface area contributed by atoms with Gasteiger partial charge in [0.1, 0.15) is 0 Å². The molecular weight excluding hydrogens is 318 g/mol. The molecule has 0 fully saturated rings. The number of para-hydroxylation sites is 1. The second kappa shape index (κ2) is 7.11. The zero-order valence-electron chi connectivity index (χ0n) is 16.6. The van der Waals surface area contributed by atoms with Gasteiger partial charge in [0.05, 0.1) is 0 Å². The summed E-state index contributed by atoms with van der Waals surface area (Å²) in [7, 11) is 0. The molecule has 2 heteroatoms. The van der Waals surface area contributed by atoms with Crippen molar-refractivity contribution in [2.24, 2.45) is 0 Å². The molecule has 0 radical (unpaired) electrons. The van der Waals surface area contributed by atoms with Crippen LogP contribution in [0.15, 0.2) is 71.0 Å². The van der Waals surface area contributed by atoms with E-state index in [1.54, 1.807) is 0 Å². The first kappa shape index (κ1) is 18.4. The monoisotopic (exact) mass is 347 g/mol. The minimum Gasteiger partial charge on any atom is -0.344 e. The van der Waals surface area contributed by atoms with Crippen molar-refractivity contribution in [3.05, 3.63) is 76.5 Å². The highest BCUT2D eigenvalue weighted by atomic mass is 16.1. The summed E-state index contributed by atoms with van der Waals surface area (Å²) in [5, 5.41) is 0. The van der Waals surface area contributed by atoms with E-state index in [9.17, 15) is 4.79 Å². The Labute approximate surface area is 157 Å². The highest BCUT2D eigenvalue weighted by molar-refractivity contribution is 6.09. The highest BCUT2D eigenvalue weighted by Gasteiger charge is 2.39. The van der Waals surface area contributed by atoms with Crippen LogP contribution in [0.1, 0.15) is 53.0 Å². The Bertz CT molecular complexity index is 825. The van der Waals surface area contributed by atoms with Crippen molar-refractivity contribution in [1.82, 2.24) is 0 Å². The fourth-order valence-corrected chi connectivity index (χ4v) is 3.95. The normalized spacial score (nSPS) is 20.2. The van der Waals surface area contributed by atoms with E-state index in [2.05, 4.69) is 62.1 Å². The van der Waals surface area contributed by atoms with Crippen LogP contribution >= 0.6 is 0 Å². The summed E-state index contributed by atoms with van der Waals surface area (Å²) in [5.74, 6) is 0.146. The molecule has 0 spiro atoms. The molecular formula is C24H29NO. The lowest BCUT2D eigenvalue weighted by molar-refractivity contribution is -0.112. The van der Waals surface area contributed by atoms with Gasteiger partial charge in [-0.2, -0.15) is 0 Å². The van der Waals surface area contributed by atoms with E-state index in [1.165, 1.54) is 29.8 Å². The molecule has 26 heavy (non-hydrogen) atoms. The number of hydrogen-bond donors (Lipinski definition) is 0. The Hall–Kier alpha value is -2.35. The maximum atomic E-state index is 12.0. The van der Waals surface area contributed by atoms with Crippen molar-refractivity contribution in [2.75, 3.05) is 11.4 Å². The van der Waals surface area contributed by atoms with Gasteiger partial charge in [0.15, 0.2) is 5.78 Å². The number of hydrogen-bond acceptors (Lipinski definition) is 2. The van der Waals surface area contributed by atoms with Crippen molar-refractivity contribution in [3.63, 3.8) is 0 Å². The molecule has 0 atom stereocenters. The van der Waals surface area contributed by atoms with Gasteiger partial charge in [-0.05, 0) is 66.8 Å². The van der Waals surface area contributed by atoms with Crippen LogP contribution in [-0.4, -0.2) is 12.3 Å². The lowest BCUT2D eigenvalue weighted by Crippen LogP contribution is -2.27. The van der Waals surface area contributed by atoms with Gasteiger partial charge in [0.25, 0.3) is 0 Å². The van der Waals surface area contributed by atoms with Crippen molar-refractivity contribution < 1.29 is 4.79 Å². The number of benzene rings is 1. The van der Waals surface area contributed by atoms with Gasteiger partial charge in [-0.25, -0.2) is 0 Å². The first-order valence-electron chi connectivity index (χ1n) is 9.57. The number of Topliss-reactive ketones (excluding diaryl/α,β-unsaturated/α-hetero) is 1. The van der Waals surface area contributed by atoms with Crippen LogP contribution in [0.5, 0.6) is 0 Å². The average Bonchev–Trinajstić information content (AvgIpc) is 2.83. The zero-order chi connectivity index (χ0) is 18.9. The fraction of sp³-hybridized carbons (Fsp3) is 0.375. The van der Waals surface area contributed by atoms with Crippen LogP contribution in [0.3, 0.4) is 0 Å². The molecule has 2 aliphatic rings. The lowest BCUT2D eigenvalue weighted by atomic mass is 9.83. The molecule has 1 aliphatic carbocycles. The van der Waals surface area contributed by atoms with Crippen LogP contribution in [0, 0.1) is 0 Å². The zero-order valence-corrected chi connectivity index (χ0v) is 16.6. The minimum absolute atomic E-state index is 0.0244. The summed E-state index contributed by atoms with van der Waals surface area (Å²) >= 11 is 0. The second-order valence-corrected chi connectivity index (χ2v) is 7.85. The van der Waals surface area contributed by atoms with E-state index in [4.69, 9.17) is 0 Å². The number of anilines is 1. The minimum atomic E-state index is -0.0244. The quantitative estimate of drug-likeness (QED) is 0.679. The molecule has 0 saturated heterocycles. The van der Waals surface area contributed by atoms with E-state index in [0.717, 1.165) is 23.3 Å². The molecule has 0 aromatic heterocycles. The van der Waals surface area contributed by atoms with Gasteiger partial charge < -0.3 is 4.90 Å². The number of nitrogens with zero attached hydrogens (tertiary/aromatic N) is 1. The number of allylic oxidation sites excluding steroid dienone is 8. The van der Waals surface area contributed by atoms with Gasteiger partial charge in [-0.1, -0.05) is 51.5 Å². The summed E-state index contributed by atoms with van der Waals surface area (Å²) in [5.41, 5.74) is 6.73. The molecule has 136 valence electrons. The molecule has 1 aliphatic heterocycles. The number of carbonyl (C=O) groups excluding carboxylic acids is 1. The first-order valence-corrected chi connectivity index (χ1v) is 9.57. The fourth-order valence-electron chi connectivity index (χ4n) is 3.95. The molecule has 0 bridgehead atoms. The third-order valence-electron chi connectivity index (χ3n) is 5.45. The number of fused-ring (bicyclic) bond motifs is 1. The van der Waals surface area contributed by atoms with E-state index in [1.807, 2.05) is 26.0 Å². The predicted molar refractivity (Wildman–Crippen MR) is 110 cm³/mol. The van der Waals surface area contributed by atoms with Crippen molar-refractivity contribution >= 4 is 11.5 Å². The molecule has 0 unspecified atom stereocenters. The topological polar surface area (TPSA) is 20.3 Å². The van der Waals surface area contributed by atoms with Crippen LogP contribution in [0.4, 0.5) is 5.69 Å². The number of rotatable bonds is 4. The van der Waals surface area contributed by atoms with Gasteiger partial charge in [0, 0.05) is 23.3 Å². The molecule has 1 aromatic carbocycles. The summed E-state index contributed by atoms with van der Waals surface area (Å²) in [6, 6.07) is 8.73. The van der Waals surface area contributed by atoms with Crippen molar-refractivity contribution in [2.45, 2.75) is 52.9 Å². The summed E-state index contributed by atoms with van der Waals surface area (Å²) in [4.78, 5) is 14.4. The van der Waals surface area contributed by atoms with Crippen LogP contribution < -0.4 is 4.90 Å². The first-order chi connectivity index (χ1) is 12.4. The number of carbonyl (C=O) groups is 1. The van der Waals surface area contributed by atoms with Gasteiger partial charge in [-0.15, -0.1) is 0 Å². The molecule has 0 saturated carbocycles. The van der Waals surface area contributed by atoms with E-state index < -0.39 is 0 Å².